The lowest BCUT2D eigenvalue weighted by molar-refractivity contribution is -0.920. The fraction of sp³-hybridized carbons (Fsp3) is 0.167. The van der Waals surface area contributed by atoms with Crippen LogP contribution in [0.25, 0.3) is 0 Å². The van der Waals surface area contributed by atoms with E-state index < -0.39 is 5.82 Å². The van der Waals surface area contributed by atoms with Crippen molar-refractivity contribution in [3.63, 3.8) is 0 Å². The van der Waals surface area contributed by atoms with Crippen molar-refractivity contribution < 1.29 is 18.5 Å². The van der Waals surface area contributed by atoms with Crippen molar-refractivity contribution in [1.82, 2.24) is 0 Å². The Kier molecular flexibility index (Phi) is 5.86. The van der Waals surface area contributed by atoms with Crippen molar-refractivity contribution in [3.05, 3.63) is 75.6 Å². The second kappa shape index (κ2) is 8.29. The van der Waals surface area contributed by atoms with Gasteiger partial charge in [-0.25, -0.2) is 4.39 Å². The first-order chi connectivity index (χ1) is 12.1. The molecule has 1 amide bonds. The Morgan fingerprint density at radius 3 is 2.80 bits per heavy atom. The van der Waals surface area contributed by atoms with Gasteiger partial charge in [0.15, 0.2) is 12.3 Å². The molecule has 1 unspecified atom stereocenters. The molecule has 7 heteroatoms. The summed E-state index contributed by atoms with van der Waals surface area (Å²) in [4.78, 5) is 14.6. The fourth-order valence-corrected chi connectivity index (χ4v) is 3.47. The summed E-state index contributed by atoms with van der Waals surface area (Å²) >= 11 is 7.41. The molecular weight excluding hydrogens is 363 g/mol. The van der Waals surface area contributed by atoms with Crippen LogP contribution in [0.5, 0.6) is 0 Å². The van der Waals surface area contributed by atoms with E-state index in [4.69, 9.17) is 16.0 Å². The molecule has 0 aliphatic heterocycles. The predicted octanol–water partition coefficient (Wildman–Crippen LogP) is 3.36. The summed E-state index contributed by atoms with van der Waals surface area (Å²) in [7, 11) is 0. The highest BCUT2D eigenvalue weighted by Crippen LogP contribution is 2.19. The van der Waals surface area contributed by atoms with E-state index in [0.717, 1.165) is 17.2 Å². The Labute approximate surface area is 153 Å². The molecule has 0 fully saturated rings. The van der Waals surface area contributed by atoms with Crippen molar-refractivity contribution in [2.24, 2.45) is 0 Å². The van der Waals surface area contributed by atoms with Crippen molar-refractivity contribution in [2.45, 2.75) is 13.1 Å². The first-order valence-corrected chi connectivity index (χ1v) is 8.99. The minimum Gasteiger partial charge on any atom is -0.463 e. The second-order valence-electron chi connectivity index (χ2n) is 5.62. The first-order valence-electron chi connectivity index (χ1n) is 7.73. The summed E-state index contributed by atoms with van der Waals surface area (Å²) in [6.07, 6.45) is 1.62. The van der Waals surface area contributed by atoms with E-state index in [-0.39, 0.29) is 17.5 Å². The number of rotatable bonds is 7. The SMILES string of the molecule is O=C(C[NH+](Cc1ccco1)Cc1cccs1)Nc1ccc(F)c(Cl)c1. The zero-order valence-electron chi connectivity index (χ0n) is 13.3. The molecule has 0 saturated carbocycles. The van der Waals surface area contributed by atoms with Crippen LogP contribution in [0.4, 0.5) is 10.1 Å². The number of quaternary nitrogens is 1. The highest BCUT2D eigenvalue weighted by atomic mass is 35.5. The number of hydrogen-bond donors (Lipinski definition) is 2. The zero-order chi connectivity index (χ0) is 17.6. The van der Waals surface area contributed by atoms with Gasteiger partial charge >= 0.3 is 0 Å². The number of thiophene rings is 1. The summed E-state index contributed by atoms with van der Waals surface area (Å²) in [6.45, 7) is 1.58. The van der Waals surface area contributed by atoms with Crippen LogP contribution >= 0.6 is 22.9 Å². The largest absolute Gasteiger partial charge is 0.463 e. The third-order valence-corrected chi connectivity index (χ3v) is 4.79. The van der Waals surface area contributed by atoms with E-state index in [9.17, 15) is 9.18 Å². The highest BCUT2D eigenvalue weighted by Gasteiger charge is 2.18. The maximum absolute atomic E-state index is 13.2. The fourth-order valence-electron chi connectivity index (χ4n) is 2.51. The molecule has 0 radical (unpaired) electrons. The molecule has 0 spiro atoms. The Balaban J connectivity index is 1.65. The Morgan fingerprint density at radius 2 is 2.12 bits per heavy atom. The quantitative estimate of drug-likeness (QED) is 0.661. The molecule has 1 atom stereocenters. The molecule has 2 aromatic heterocycles. The van der Waals surface area contributed by atoms with E-state index in [0.29, 0.717) is 12.2 Å². The highest BCUT2D eigenvalue weighted by molar-refractivity contribution is 7.09. The Morgan fingerprint density at radius 1 is 1.24 bits per heavy atom. The monoisotopic (exact) mass is 379 g/mol. The Hall–Kier alpha value is -2.15. The summed E-state index contributed by atoms with van der Waals surface area (Å²) < 4.78 is 18.6. The zero-order valence-corrected chi connectivity index (χ0v) is 14.9. The summed E-state index contributed by atoms with van der Waals surface area (Å²) in [6, 6.07) is 11.9. The molecule has 4 nitrogen and oxygen atoms in total. The summed E-state index contributed by atoms with van der Waals surface area (Å²) in [5.74, 6) is 0.146. The number of benzene rings is 1. The number of amides is 1. The van der Waals surface area contributed by atoms with Gasteiger partial charge in [0.25, 0.3) is 5.91 Å². The van der Waals surface area contributed by atoms with E-state index in [2.05, 4.69) is 5.32 Å². The van der Waals surface area contributed by atoms with Crippen LogP contribution in [-0.2, 0) is 17.9 Å². The second-order valence-corrected chi connectivity index (χ2v) is 7.06. The normalized spacial score (nSPS) is 12.1. The molecule has 1 aromatic carbocycles. The van der Waals surface area contributed by atoms with Gasteiger partial charge in [0.1, 0.15) is 18.9 Å². The van der Waals surface area contributed by atoms with Crippen LogP contribution in [0.1, 0.15) is 10.6 Å². The minimum absolute atomic E-state index is 0.0174. The van der Waals surface area contributed by atoms with Gasteiger partial charge in [0.05, 0.1) is 16.2 Å². The number of furan rings is 1. The molecule has 0 bridgehead atoms. The van der Waals surface area contributed by atoms with Gasteiger partial charge in [0, 0.05) is 5.69 Å². The Bertz CT molecular complexity index is 785. The third kappa shape index (κ3) is 5.16. The molecule has 2 N–H and O–H groups in total. The van der Waals surface area contributed by atoms with Crippen LogP contribution < -0.4 is 10.2 Å². The molecule has 0 saturated heterocycles. The average molecular weight is 380 g/mol. The van der Waals surface area contributed by atoms with Crippen LogP contribution in [0, 0.1) is 5.82 Å². The summed E-state index contributed by atoms with van der Waals surface area (Å²) in [5.41, 5.74) is 0.477. The third-order valence-electron chi connectivity index (χ3n) is 3.62. The maximum atomic E-state index is 13.2. The molecule has 3 aromatic rings. The van der Waals surface area contributed by atoms with Gasteiger partial charge in [-0.2, -0.15) is 0 Å². The topological polar surface area (TPSA) is 46.7 Å². The number of anilines is 1. The van der Waals surface area contributed by atoms with E-state index in [1.165, 1.54) is 23.1 Å². The van der Waals surface area contributed by atoms with Crippen molar-refractivity contribution in [3.8, 4) is 0 Å². The maximum Gasteiger partial charge on any atom is 0.279 e. The van der Waals surface area contributed by atoms with Crippen molar-refractivity contribution in [1.29, 1.82) is 0 Å². The standard InChI is InChI=1S/C18H16ClFN2O2S/c19-16-9-13(5-6-17(16)20)21-18(23)12-22(10-14-3-1-7-24-14)11-15-4-2-8-25-15/h1-9H,10-12H2,(H,21,23)/p+1. The number of hydrogen-bond acceptors (Lipinski definition) is 3. The van der Waals surface area contributed by atoms with E-state index >= 15 is 0 Å². The van der Waals surface area contributed by atoms with Crippen LogP contribution in [-0.4, -0.2) is 12.5 Å². The van der Waals surface area contributed by atoms with E-state index in [1.54, 1.807) is 17.6 Å². The molecule has 25 heavy (non-hydrogen) atoms. The lowest BCUT2D eigenvalue weighted by atomic mass is 10.3. The van der Waals surface area contributed by atoms with Gasteiger partial charge in [-0.15, -0.1) is 11.3 Å². The van der Waals surface area contributed by atoms with Gasteiger partial charge in [-0.3, -0.25) is 4.79 Å². The van der Waals surface area contributed by atoms with Crippen LogP contribution in [0.15, 0.2) is 58.5 Å². The molecule has 3 rings (SSSR count). The van der Waals surface area contributed by atoms with E-state index in [1.807, 2.05) is 29.6 Å². The number of nitrogens with one attached hydrogen (secondary N) is 2. The lowest BCUT2D eigenvalue weighted by Crippen LogP contribution is -3.10. The molecule has 2 heterocycles. The number of carbonyl (C=O) groups excluding carboxylic acids is 1. The average Bonchev–Trinajstić information content (AvgIpc) is 3.25. The lowest BCUT2D eigenvalue weighted by Gasteiger charge is -2.17. The van der Waals surface area contributed by atoms with Crippen molar-refractivity contribution in [2.75, 3.05) is 11.9 Å². The van der Waals surface area contributed by atoms with Gasteiger partial charge in [-0.05, 0) is 41.8 Å². The smallest absolute Gasteiger partial charge is 0.279 e. The van der Waals surface area contributed by atoms with Crippen LogP contribution in [0.2, 0.25) is 5.02 Å². The van der Waals surface area contributed by atoms with Gasteiger partial charge in [0.2, 0.25) is 0 Å². The van der Waals surface area contributed by atoms with Crippen molar-refractivity contribution >= 4 is 34.5 Å². The predicted molar refractivity (Wildman–Crippen MR) is 96.3 cm³/mol. The van der Waals surface area contributed by atoms with Gasteiger partial charge < -0.3 is 14.6 Å². The van der Waals surface area contributed by atoms with Gasteiger partial charge in [-0.1, -0.05) is 17.7 Å². The number of carbonyl (C=O) groups is 1. The molecular formula is C18H17ClFN2O2S+. The van der Waals surface area contributed by atoms with Crippen LogP contribution in [0.3, 0.4) is 0 Å². The molecule has 0 aliphatic rings. The number of halogens is 2. The first kappa shape index (κ1) is 17.7. The molecule has 0 aliphatic carbocycles. The summed E-state index contributed by atoms with van der Waals surface area (Å²) in [5, 5.41) is 4.76. The minimum atomic E-state index is -0.512. The molecule has 130 valence electrons.